The van der Waals surface area contributed by atoms with Crippen molar-refractivity contribution >= 4 is 89.2 Å². The SMILES string of the molecule is C(=C\c1ccc2[nH]c3cc4cc5c(cc4cc3c2c1)c1cccc2c3ccccc3n5c21)/C(=NCc1ccccc1)c1ccccc1.C=CC=C.C=NC. The first-order valence-electron chi connectivity index (χ1n) is 18.1. The second kappa shape index (κ2) is 14.9. The third-order valence-electron chi connectivity index (χ3n) is 9.86. The number of H-pyrrole nitrogens is 1. The van der Waals surface area contributed by atoms with E-state index in [9.17, 15) is 0 Å². The van der Waals surface area contributed by atoms with Crippen LogP contribution in [0.2, 0.25) is 0 Å². The van der Waals surface area contributed by atoms with Crippen LogP contribution in [0.4, 0.5) is 0 Å². The van der Waals surface area contributed by atoms with Gasteiger partial charge in [-0.3, -0.25) is 4.99 Å². The molecular weight excluding hydrogens is 657 g/mol. The number of hydrogen-bond donors (Lipinski definition) is 1. The molecule has 0 amide bonds. The Balaban J connectivity index is 0.000000549. The van der Waals surface area contributed by atoms with Crippen LogP contribution >= 0.6 is 0 Å². The lowest BCUT2D eigenvalue weighted by Gasteiger charge is -2.04. The fraction of sp³-hybridized carbons (Fsp3) is 0.0400. The van der Waals surface area contributed by atoms with E-state index < -0.39 is 0 Å². The van der Waals surface area contributed by atoms with E-state index in [0.717, 1.165) is 27.9 Å². The normalized spacial score (nSPS) is 11.8. The highest BCUT2D eigenvalue weighted by Gasteiger charge is 2.18. The Kier molecular flexibility index (Phi) is 9.40. The Morgan fingerprint density at radius 3 is 2.00 bits per heavy atom. The average Bonchev–Trinajstić information content (AvgIpc) is 3.86. The molecule has 0 aliphatic carbocycles. The number of aromatic nitrogens is 2. The number of para-hydroxylation sites is 2. The van der Waals surface area contributed by atoms with Crippen LogP contribution in [0.5, 0.6) is 0 Å². The van der Waals surface area contributed by atoms with E-state index in [0.29, 0.717) is 6.54 Å². The second-order valence-corrected chi connectivity index (χ2v) is 13.3. The van der Waals surface area contributed by atoms with Crippen molar-refractivity contribution in [2.45, 2.75) is 6.54 Å². The third-order valence-corrected chi connectivity index (χ3v) is 9.86. The van der Waals surface area contributed by atoms with Crippen LogP contribution in [0.15, 0.2) is 187 Å². The van der Waals surface area contributed by atoms with Gasteiger partial charge in [0, 0.05) is 50.4 Å². The van der Waals surface area contributed by atoms with Crippen molar-refractivity contribution in [2.24, 2.45) is 9.98 Å². The van der Waals surface area contributed by atoms with Crippen molar-refractivity contribution in [2.75, 3.05) is 7.05 Å². The van der Waals surface area contributed by atoms with Crippen molar-refractivity contribution in [3.63, 3.8) is 0 Å². The summed E-state index contributed by atoms with van der Waals surface area (Å²) in [6, 6.07) is 52.4. The number of rotatable bonds is 6. The summed E-state index contributed by atoms with van der Waals surface area (Å²) in [4.78, 5) is 12.0. The van der Waals surface area contributed by atoms with E-state index in [2.05, 4.69) is 180 Å². The van der Waals surface area contributed by atoms with Crippen molar-refractivity contribution in [1.82, 2.24) is 9.38 Å². The minimum absolute atomic E-state index is 0.643. The molecule has 260 valence electrons. The van der Waals surface area contributed by atoms with Gasteiger partial charge in [-0.2, -0.15) is 0 Å². The summed E-state index contributed by atoms with van der Waals surface area (Å²) < 4.78 is 2.45. The molecule has 10 rings (SSSR count). The Morgan fingerprint density at radius 1 is 0.611 bits per heavy atom. The van der Waals surface area contributed by atoms with Crippen LogP contribution in [-0.4, -0.2) is 28.9 Å². The summed E-state index contributed by atoms with van der Waals surface area (Å²) in [6.45, 7) is 10.5. The molecule has 7 aromatic carbocycles. The Labute approximate surface area is 314 Å². The summed E-state index contributed by atoms with van der Waals surface area (Å²) >= 11 is 0. The molecule has 0 unspecified atom stereocenters. The molecule has 4 nitrogen and oxygen atoms in total. The van der Waals surface area contributed by atoms with Gasteiger partial charge in [-0.15, -0.1) is 0 Å². The largest absolute Gasteiger partial charge is 0.354 e. The standard InChI is InChI=1S/C44H29N3.C4H6.C2H5N/c1-3-10-29(11-4-1)27-45-39(30-12-5-2-6-13-30)20-18-28-19-21-40-36(22-28)37-23-31-24-38-35-16-9-15-34-33-14-7-8-17-42(33)47(44(34)35)43(38)26-32(31)25-41(37)46-40;1-3-4-2;1-3-2/h1-26,46H,27H2;3-4H,1-2H2;1H2,2H3/b20-18+,45-39?;;. The minimum atomic E-state index is 0.643. The predicted octanol–water partition coefficient (Wildman–Crippen LogP) is 13.0. The topological polar surface area (TPSA) is 44.9 Å². The summed E-state index contributed by atoms with van der Waals surface area (Å²) in [7, 11) is 1.64. The van der Waals surface area contributed by atoms with Crippen LogP contribution in [0.3, 0.4) is 0 Å². The molecule has 0 aliphatic rings. The van der Waals surface area contributed by atoms with Gasteiger partial charge in [0.1, 0.15) is 0 Å². The first-order valence-corrected chi connectivity index (χ1v) is 18.1. The number of fused-ring (bicyclic) bond motifs is 10. The van der Waals surface area contributed by atoms with Crippen LogP contribution in [-0.2, 0) is 6.54 Å². The summed E-state index contributed by atoms with van der Waals surface area (Å²) in [5.74, 6) is 0. The lowest BCUT2D eigenvalue weighted by atomic mass is 10.0. The Hall–Kier alpha value is -7.04. The summed E-state index contributed by atoms with van der Waals surface area (Å²) in [6.07, 6.45) is 7.61. The number of nitrogens with one attached hydrogen (secondary N) is 1. The fourth-order valence-electron chi connectivity index (χ4n) is 7.48. The molecule has 0 fully saturated rings. The van der Waals surface area contributed by atoms with Gasteiger partial charge < -0.3 is 14.4 Å². The van der Waals surface area contributed by atoms with Gasteiger partial charge in [-0.25, -0.2) is 0 Å². The molecule has 0 saturated carbocycles. The quantitative estimate of drug-likeness (QED) is 0.133. The Bertz CT molecular complexity index is 3010. The maximum atomic E-state index is 5.01. The number of hydrogen-bond acceptors (Lipinski definition) is 2. The molecule has 0 bridgehead atoms. The van der Waals surface area contributed by atoms with E-state index in [4.69, 9.17) is 4.99 Å². The van der Waals surface area contributed by atoms with E-state index >= 15 is 0 Å². The minimum Gasteiger partial charge on any atom is -0.354 e. The molecule has 0 aliphatic heterocycles. The number of benzene rings is 7. The maximum Gasteiger partial charge on any atom is 0.0650 e. The lowest BCUT2D eigenvalue weighted by Crippen LogP contribution is -1.97. The van der Waals surface area contributed by atoms with Crippen LogP contribution in [0.25, 0.3) is 76.7 Å². The van der Waals surface area contributed by atoms with Gasteiger partial charge in [0.15, 0.2) is 0 Å². The predicted molar refractivity (Wildman–Crippen MR) is 236 cm³/mol. The molecule has 4 heteroatoms. The van der Waals surface area contributed by atoms with Crippen LogP contribution < -0.4 is 0 Å². The van der Waals surface area contributed by atoms with Crippen molar-refractivity contribution < 1.29 is 0 Å². The molecule has 10 aromatic rings. The number of allylic oxidation sites excluding steroid dienone is 3. The van der Waals surface area contributed by atoms with Crippen molar-refractivity contribution in [1.29, 1.82) is 0 Å². The zero-order chi connectivity index (χ0) is 37.0. The first-order chi connectivity index (χ1) is 26.6. The highest BCUT2D eigenvalue weighted by atomic mass is 14.9. The lowest BCUT2D eigenvalue weighted by molar-refractivity contribution is 1.07. The fourth-order valence-corrected chi connectivity index (χ4v) is 7.48. The van der Waals surface area contributed by atoms with Gasteiger partial charge in [0.05, 0.1) is 28.8 Å². The molecule has 0 saturated heterocycles. The average molecular weight is 697 g/mol. The molecule has 1 N–H and O–H groups in total. The molecule has 0 radical (unpaired) electrons. The van der Waals surface area contributed by atoms with Gasteiger partial charge in [-0.1, -0.05) is 135 Å². The second-order valence-electron chi connectivity index (χ2n) is 13.3. The molecule has 0 atom stereocenters. The van der Waals surface area contributed by atoms with Gasteiger partial charge in [0.2, 0.25) is 0 Å². The zero-order valence-corrected chi connectivity index (χ0v) is 30.3. The zero-order valence-electron chi connectivity index (χ0n) is 30.3. The molecular formula is C50H40N4. The van der Waals surface area contributed by atoms with E-state index in [1.165, 1.54) is 65.2 Å². The van der Waals surface area contributed by atoms with Crippen LogP contribution in [0.1, 0.15) is 16.7 Å². The van der Waals surface area contributed by atoms with Crippen molar-refractivity contribution in [3.05, 3.63) is 194 Å². The maximum absolute atomic E-state index is 5.01. The number of aliphatic imine (C=N–C) groups is 2. The van der Waals surface area contributed by atoms with Crippen LogP contribution in [0, 0.1) is 0 Å². The Morgan fingerprint density at radius 2 is 1.24 bits per heavy atom. The van der Waals surface area contributed by atoms with Crippen molar-refractivity contribution in [3.8, 4) is 0 Å². The summed E-state index contributed by atoms with van der Waals surface area (Å²) in [5, 5.41) is 10.2. The van der Waals surface area contributed by atoms with Gasteiger partial charge in [-0.05, 0) is 82.7 Å². The molecule has 54 heavy (non-hydrogen) atoms. The summed E-state index contributed by atoms with van der Waals surface area (Å²) in [5.41, 5.74) is 10.6. The molecule has 3 heterocycles. The number of aromatic amines is 1. The smallest absolute Gasteiger partial charge is 0.0650 e. The highest BCUT2D eigenvalue weighted by Crippen LogP contribution is 2.41. The first kappa shape index (κ1) is 34.1. The molecule has 3 aromatic heterocycles. The molecule has 0 spiro atoms. The van der Waals surface area contributed by atoms with E-state index in [-0.39, 0.29) is 0 Å². The van der Waals surface area contributed by atoms with Gasteiger partial charge >= 0.3 is 0 Å². The highest BCUT2D eigenvalue weighted by molar-refractivity contribution is 6.25. The van der Waals surface area contributed by atoms with E-state index in [1.807, 2.05) is 12.1 Å². The van der Waals surface area contributed by atoms with Gasteiger partial charge in [0.25, 0.3) is 0 Å². The number of nitrogens with zero attached hydrogens (tertiary/aromatic N) is 3. The van der Waals surface area contributed by atoms with E-state index in [1.54, 1.807) is 19.2 Å². The monoisotopic (exact) mass is 696 g/mol. The third kappa shape index (κ3) is 6.24.